The molecule has 0 fully saturated rings. The Morgan fingerprint density at radius 1 is 1.15 bits per heavy atom. The molecule has 1 atom stereocenters. The molecule has 3 heteroatoms. The maximum atomic E-state index is 12.2. The van der Waals surface area contributed by atoms with Gasteiger partial charge in [0.25, 0.3) is 0 Å². The molecule has 0 aliphatic rings. The summed E-state index contributed by atoms with van der Waals surface area (Å²) in [5.74, 6) is 0.240. The van der Waals surface area contributed by atoms with E-state index in [4.69, 9.17) is 4.74 Å². The van der Waals surface area contributed by atoms with Gasteiger partial charge in [0.05, 0.1) is 0 Å². The van der Waals surface area contributed by atoms with E-state index in [1.807, 2.05) is 55.5 Å². The highest BCUT2D eigenvalue weighted by Crippen LogP contribution is 2.22. The summed E-state index contributed by atoms with van der Waals surface area (Å²) in [6.07, 6.45) is 6.03. The van der Waals surface area contributed by atoms with Gasteiger partial charge in [-0.1, -0.05) is 68.0 Å². The van der Waals surface area contributed by atoms with E-state index in [1.54, 1.807) is 18.2 Å². The Balaban J connectivity index is 2.03. The Morgan fingerprint density at radius 3 is 2.38 bits per heavy atom. The summed E-state index contributed by atoms with van der Waals surface area (Å²) in [5, 5.41) is 9.20. The van der Waals surface area contributed by atoms with E-state index in [2.05, 4.69) is 13.8 Å². The topological polar surface area (TPSA) is 50.1 Å². The first kappa shape index (κ1) is 19.2. The van der Waals surface area contributed by atoms with Crippen LogP contribution in [0.25, 0.3) is 6.08 Å². The fraction of sp³-hybridized carbons (Fsp3) is 0.217. The van der Waals surface area contributed by atoms with E-state index >= 15 is 0 Å². The first-order valence-electron chi connectivity index (χ1n) is 8.70. The number of rotatable bonds is 6. The molecule has 2 aromatic carbocycles. The minimum Gasteiger partial charge on any atom is -0.422 e. The molecule has 3 nitrogen and oxygen atoms in total. The molecule has 132 valence electrons. The smallest absolute Gasteiger partial charge is 0.354 e. The number of benzene rings is 2. The Hall–Kier alpha value is -3.12. The van der Waals surface area contributed by atoms with Crippen LogP contribution in [-0.4, -0.2) is 5.97 Å². The summed E-state index contributed by atoms with van der Waals surface area (Å²) in [6, 6.07) is 17.3. The van der Waals surface area contributed by atoms with Crippen LogP contribution in [0.1, 0.15) is 42.9 Å². The van der Waals surface area contributed by atoms with E-state index in [0.717, 1.165) is 12.0 Å². The Kier molecular flexibility index (Phi) is 6.93. The van der Waals surface area contributed by atoms with Crippen molar-refractivity contribution < 1.29 is 9.53 Å². The predicted octanol–water partition coefficient (Wildman–Crippen LogP) is 5.58. The zero-order valence-corrected chi connectivity index (χ0v) is 15.4. The standard InChI is InChI=1S/C23H23NO2/c1-4-18(3)20-12-14-22(15-13-20)26-23(25)21(16-24)7-5-6-19-10-8-17(2)9-11-19/h5-15,18H,4H2,1-3H3/b6-5+,21-7+. The number of aryl methyl sites for hydroxylation is 1. The highest BCUT2D eigenvalue weighted by molar-refractivity contribution is 5.94. The van der Waals surface area contributed by atoms with Gasteiger partial charge in [0, 0.05) is 0 Å². The average Bonchev–Trinajstić information content (AvgIpc) is 2.66. The Labute approximate surface area is 155 Å². The second kappa shape index (κ2) is 9.39. The first-order valence-corrected chi connectivity index (χ1v) is 8.70. The molecule has 0 radical (unpaired) electrons. The van der Waals surface area contributed by atoms with Crippen LogP contribution in [0.15, 0.2) is 66.3 Å². The number of carbonyl (C=O) groups excluding carboxylic acids is 1. The molecule has 0 saturated carbocycles. The summed E-state index contributed by atoms with van der Waals surface area (Å²) < 4.78 is 5.29. The highest BCUT2D eigenvalue weighted by Gasteiger charge is 2.11. The van der Waals surface area contributed by atoms with Gasteiger partial charge in [0.15, 0.2) is 0 Å². The van der Waals surface area contributed by atoms with Gasteiger partial charge in [-0.25, -0.2) is 4.79 Å². The third-order valence-corrected chi connectivity index (χ3v) is 4.24. The fourth-order valence-corrected chi connectivity index (χ4v) is 2.35. The van der Waals surface area contributed by atoms with Gasteiger partial charge in [-0.15, -0.1) is 0 Å². The molecule has 0 bridgehead atoms. The number of carbonyl (C=O) groups is 1. The van der Waals surface area contributed by atoms with Crippen molar-refractivity contribution in [1.82, 2.24) is 0 Å². The molecule has 0 spiro atoms. The number of ether oxygens (including phenoxy) is 1. The monoisotopic (exact) mass is 345 g/mol. The molecule has 2 aromatic rings. The van der Waals surface area contributed by atoms with E-state index < -0.39 is 5.97 Å². The summed E-state index contributed by atoms with van der Waals surface area (Å²) in [5.41, 5.74) is 3.33. The second-order valence-corrected chi connectivity index (χ2v) is 6.23. The van der Waals surface area contributed by atoms with E-state index in [-0.39, 0.29) is 5.57 Å². The van der Waals surface area contributed by atoms with Crippen LogP contribution >= 0.6 is 0 Å². The second-order valence-electron chi connectivity index (χ2n) is 6.23. The van der Waals surface area contributed by atoms with Crippen molar-refractivity contribution >= 4 is 12.0 Å². The Bertz CT molecular complexity index is 837. The van der Waals surface area contributed by atoms with Crippen LogP contribution < -0.4 is 4.74 Å². The van der Waals surface area contributed by atoms with Crippen molar-refractivity contribution in [3.63, 3.8) is 0 Å². The minimum absolute atomic E-state index is 0.0423. The third kappa shape index (κ3) is 5.46. The fourth-order valence-electron chi connectivity index (χ4n) is 2.35. The van der Waals surface area contributed by atoms with Gasteiger partial charge in [-0.05, 0) is 48.6 Å². The van der Waals surface area contributed by atoms with Crippen molar-refractivity contribution in [3.05, 3.63) is 82.9 Å². The summed E-state index contributed by atoms with van der Waals surface area (Å²) >= 11 is 0. The molecule has 1 unspecified atom stereocenters. The summed E-state index contributed by atoms with van der Waals surface area (Å²) in [6.45, 7) is 6.30. The molecule has 2 rings (SSSR count). The molecule has 0 aliphatic heterocycles. The lowest BCUT2D eigenvalue weighted by molar-refractivity contribution is -0.129. The van der Waals surface area contributed by atoms with Crippen LogP contribution in [-0.2, 0) is 4.79 Å². The summed E-state index contributed by atoms with van der Waals surface area (Å²) in [7, 11) is 0. The lowest BCUT2D eigenvalue weighted by Gasteiger charge is -2.09. The predicted molar refractivity (Wildman–Crippen MR) is 105 cm³/mol. The maximum Gasteiger partial charge on any atom is 0.354 e. The molecule has 26 heavy (non-hydrogen) atoms. The molecular formula is C23H23NO2. The van der Waals surface area contributed by atoms with Gasteiger partial charge < -0.3 is 4.74 Å². The molecule has 0 aromatic heterocycles. The van der Waals surface area contributed by atoms with Crippen molar-refractivity contribution in [1.29, 1.82) is 5.26 Å². The third-order valence-electron chi connectivity index (χ3n) is 4.24. The minimum atomic E-state index is -0.655. The lowest BCUT2D eigenvalue weighted by atomic mass is 9.99. The van der Waals surface area contributed by atoms with Crippen LogP contribution in [0.4, 0.5) is 0 Å². The lowest BCUT2D eigenvalue weighted by Crippen LogP contribution is -2.10. The van der Waals surface area contributed by atoms with Crippen LogP contribution in [0, 0.1) is 18.3 Å². The number of allylic oxidation sites excluding steroid dienone is 2. The van der Waals surface area contributed by atoms with Gasteiger partial charge in [0.1, 0.15) is 17.4 Å². The number of nitrogens with zero attached hydrogens (tertiary/aromatic N) is 1. The molecule has 0 N–H and O–H groups in total. The first-order chi connectivity index (χ1) is 12.5. The maximum absolute atomic E-state index is 12.2. The molecular weight excluding hydrogens is 322 g/mol. The zero-order valence-electron chi connectivity index (χ0n) is 15.4. The normalized spacial score (nSPS) is 12.6. The van der Waals surface area contributed by atoms with E-state index in [1.165, 1.54) is 17.2 Å². The number of esters is 1. The van der Waals surface area contributed by atoms with E-state index in [0.29, 0.717) is 11.7 Å². The molecule has 0 amide bonds. The largest absolute Gasteiger partial charge is 0.422 e. The number of hydrogen-bond acceptors (Lipinski definition) is 3. The van der Waals surface area contributed by atoms with Crippen molar-refractivity contribution in [2.24, 2.45) is 0 Å². The Morgan fingerprint density at radius 2 is 1.81 bits per heavy atom. The van der Waals surface area contributed by atoms with E-state index in [9.17, 15) is 10.1 Å². The van der Waals surface area contributed by atoms with Gasteiger partial charge in [-0.2, -0.15) is 5.26 Å². The van der Waals surface area contributed by atoms with Gasteiger partial charge in [-0.3, -0.25) is 0 Å². The number of nitriles is 1. The molecule has 0 aliphatic carbocycles. The van der Waals surface area contributed by atoms with Gasteiger partial charge >= 0.3 is 5.97 Å². The van der Waals surface area contributed by atoms with Crippen LogP contribution in [0.3, 0.4) is 0 Å². The molecule has 0 saturated heterocycles. The van der Waals surface area contributed by atoms with Crippen LogP contribution in [0.2, 0.25) is 0 Å². The van der Waals surface area contributed by atoms with Crippen molar-refractivity contribution in [2.45, 2.75) is 33.1 Å². The number of hydrogen-bond donors (Lipinski definition) is 0. The highest BCUT2D eigenvalue weighted by atomic mass is 16.5. The average molecular weight is 345 g/mol. The van der Waals surface area contributed by atoms with Crippen molar-refractivity contribution in [3.8, 4) is 11.8 Å². The SMILES string of the molecule is CCC(C)c1ccc(OC(=O)/C(C#N)=C/C=C/c2ccc(C)cc2)cc1. The quantitative estimate of drug-likeness (QED) is 0.226. The van der Waals surface area contributed by atoms with Crippen molar-refractivity contribution in [2.75, 3.05) is 0 Å². The molecule has 0 heterocycles. The van der Waals surface area contributed by atoms with Crippen LogP contribution in [0.5, 0.6) is 5.75 Å². The zero-order chi connectivity index (χ0) is 18.9. The summed E-state index contributed by atoms with van der Waals surface area (Å²) in [4.78, 5) is 12.2. The van der Waals surface area contributed by atoms with Gasteiger partial charge in [0.2, 0.25) is 0 Å².